The molecule has 1 aromatic heterocycles. The number of hydrogen-bond acceptors (Lipinski definition) is 8. The molecule has 44 heavy (non-hydrogen) atoms. The lowest BCUT2D eigenvalue weighted by atomic mass is 10.1. The SMILES string of the molecule is COc1cc2c(Oc3ccc(NC(=O)C(=O)NCCc4ccccc4)cc3Br)ccnc2cc1OCCCN1CCOCC1. The summed E-state index contributed by atoms with van der Waals surface area (Å²) in [5.41, 5.74) is 2.23. The number of rotatable bonds is 12. The van der Waals surface area contributed by atoms with Crippen LogP contribution in [0.2, 0.25) is 0 Å². The van der Waals surface area contributed by atoms with Gasteiger partial charge in [-0.15, -0.1) is 0 Å². The van der Waals surface area contributed by atoms with Crippen LogP contribution in [0.25, 0.3) is 10.9 Å². The summed E-state index contributed by atoms with van der Waals surface area (Å²) in [5, 5.41) is 6.03. The molecule has 0 saturated carbocycles. The maximum Gasteiger partial charge on any atom is 0.313 e. The molecule has 2 N–H and O–H groups in total. The van der Waals surface area contributed by atoms with Crippen molar-refractivity contribution in [1.29, 1.82) is 0 Å². The van der Waals surface area contributed by atoms with E-state index in [0.29, 0.717) is 58.2 Å². The summed E-state index contributed by atoms with van der Waals surface area (Å²) in [6.45, 7) is 5.33. The van der Waals surface area contributed by atoms with E-state index in [4.69, 9.17) is 18.9 Å². The van der Waals surface area contributed by atoms with Crippen molar-refractivity contribution in [2.24, 2.45) is 0 Å². The fraction of sp³-hybridized carbons (Fsp3) is 0.303. The Morgan fingerprint density at radius 1 is 0.955 bits per heavy atom. The number of fused-ring (bicyclic) bond motifs is 1. The molecule has 1 aliphatic heterocycles. The summed E-state index contributed by atoms with van der Waals surface area (Å²) in [5.74, 6) is 0.852. The molecular weight excluding hydrogens is 628 g/mol. The molecule has 5 rings (SSSR count). The van der Waals surface area contributed by atoms with Gasteiger partial charge < -0.3 is 29.6 Å². The summed E-state index contributed by atoms with van der Waals surface area (Å²) in [7, 11) is 1.60. The normalized spacial score (nSPS) is 13.3. The Labute approximate surface area is 264 Å². The largest absolute Gasteiger partial charge is 0.493 e. The lowest BCUT2D eigenvalue weighted by Crippen LogP contribution is -2.37. The molecule has 0 atom stereocenters. The van der Waals surface area contributed by atoms with Crippen LogP contribution in [-0.2, 0) is 20.7 Å². The molecule has 3 aromatic carbocycles. The van der Waals surface area contributed by atoms with Gasteiger partial charge in [-0.25, -0.2) is 0 Å². The summed E-state index contributed by atoms with van der Waals surface area (Å²) >= 11 is 3.52. The molecule has 0 unspecified atom stereocenters. The third-order valence-corrected chi connectivity index (χ3v) is 7.74. The molecule has 11 heteroatoms. The van der Waals surface area contributed by atoms with Crippen molar-refractivity contribution in [3.63, 3.8) is 0 Å². The maximum absolute atomic E-state index is 12.4. The number of carbonyl (C=O) groups excluding carboxylic acids is 2. The smallest absolute Gasteiger partial charge is 0.313 e. The Balaban J connectivity index is 1.19. The molecule has 230 valence electrons. The van der Waals surface area contributed by atoms with E-state index in [1.165, 1.54) is 0 Å². The van der Waals surface area contributed by atoms with Gasteiger partial charge >= 0.3 is 11.8 Å². The molecule has 1 aliphatic rings. The van der Waals surface area contributed by atoms with Crippen molar-refractivity contribution in [2.45, 2.75) is 12.8 Å². The van der Waals surface area contributed by atoms with Crippen LogP contribution in [0.15, 0.2) is 77.4 Å². The number of pyridine rings is 1. The van der Waals surface area contributed by atoms with Crippen LogP contribution in [0.4, 0.5) is 5.69 Å². The van der Waals surface area contributed by atoms with Crippen molar-refractivity contribution in [3.8, 4) is 23.0 Å². The highest BCUT2D eigenvalue weighted by atomic mass is 79.9. The van der Waals surface area contributed by atoms with Gasteiger partial charge in [0, 0.05) is 49.5 Å². The first-order chi connectivity index (χ1) is 21.5. The van der Waals surface area contributed by atoms with Gasteiger partial charge in [0.1, 0.15) is 11.5 Å². The van der Waals surface area contributed by atoms with Crippen molar-refractivity contribution in [1.82, 2.24) is 15.2 Å². The molecule has 4 aromatic rings. The van der Waals surface area contributed by atoms with E-state index < -0.39 is 11.8 Å². The first kappa shape index (κ1) is 31.2. The molecule has 0 bridgehead atoms. The van der Waals surface area contributed by atoms with Gasteiger partial charge in [0.2, 0.25) is 0 Å². The number of morpholine rings is 1. The van der Waals surface area contributed by atoms with Gasteiger partial charge in [0.25, 0.3) is 0 Å². The van der Waals surface area contributed by atoms with E-state index in [2.05, 4.69) is 36.4 Å². The predicted octanol–water partition coefficient (Wildman–Crippen LogP) is 5.20. The van der Waals surface area contributed by atoms with E-state index >= 15 is 0 Å². The number of nitrogens with zero attached hydrogens (tertiary/aromatic N) is 2. The standard InChI is InChI=1S/C33H35BrN4O6/c1-41-30-21-25-27(22-31(30)43-17-5-14-38-15-18-42-19-16-38)35-13-11-28(25)44-29-9-8-24(20-26(29)34)37-33(40)32(39)36-12-10-23-6-3-2-4-7-23/h2-4,6-9,11,13,20-22H,5,10,12,14-19H2,1H3,(H,36,39)(H,37,40). The number of hydrogen-bond donors (Lipinski definition) is 2. The molecular formula is C33H35BrN4O6. The molecule has 0 spiro atoms. The van der Waals surface area contributed by atoms with E-state index in [1.54, 1.807) is 37.6 Å². The molecule has 1 saturated heterocycles. The van der Waals surface area contributed by atoms with Gasteiger partial charge in [-0.3, -0.25) is 19.5 Å². The van der Waals surface area contributed by atoms with Crippen molar-refractivity contribution in [2.75, 3.05) is 58.4 Å². The van der Waals surface area contributed by atoms with Crippen LogP contribution < -0.4 is 24.8 Å². The number of nitrogens with one attached hydrogen (secondary N) is 2. The molecule has 0 aliphatic carbocycles. The van der Waals surface area contributed by atoms with E-state index in [9.17, 15) is 9.59 Å². The topological polar surface area (TPSA) is 111 Å². The van der Waals surface area contributed by atoms with Crippen molar-refractivity contribution >= 4 is 44.3 Å². The number of aromatic nitrogens is 1. The van der Waals surface area contributed by atoms with Gasteiger partial charge in [-0.05, 0) is 64.7 Å². The number of amides is 2. The molecule has 0 radical (unpaired) electrons. The molecule has 2 heterocycles. The van der Waals surface area contributed by atoms with Crippen LogP contribution in [0.3, 0.4) is 0 Å². The predicted molar refractivity (Wildman–Crippen MR) is 172 cm³/mol. The Morgan fingerprint density at radius 3 is 2.55 bits per heavy atom. The number of anilines is 1. The Kier molecular flexibility index (Phi) is 11.0. The van der Waals surface area contributed by atoms with Crippen LogP contribution >= 0.6 is 15.9 Å². The van der Waals surface area contributed by atoms with E-state index in [1.807, 2.05) is 42.5 Å². The van der Waals surface area contributed by atoms with Gasteiger partial charge in [0.15, 0.2) is 11.5 Å². The Morgan fingerprint density at radius 2 is 1.77 bits per heavy atom. The minimum Gasteiger partial charge on any atom is -0.493 e. The van der Waals surface area contributed by atoms with E-state index in [-0.39, 0.29) is 0 Å². The number of carbonyl (C=O) groups is 2. The number of ether oxygens (including phenoxy) is 4. The average molecular weight is 664 g/mol. The second-order valence-electron chi connectivity index (χ2n) is 10.2. The van der Waals surface area contributed by atoms with Crippen molar-refractivity contribution < 1.29 is 28.5 Å². The summed E-state index contributed by atoms with van der Waals surface area (Å²) in [4.78, 5) is 31.6. The highest BCUT2D eigenvalue weighted by Gasteiger charge is 2.16. The first-order valence-corrected chi connectivity index (χ1v) is 15.3. The zero-order chi connectivity index (χ0) is 30.7. The third kappa shape index (κ3) is 8.46. The Bertz CT molecular complexity index is 1580. The highest BCUT2D eigenvalue weighted by molar-refractivity contribution is 9.10. The Hall–Kier alpha value is -4.19. The average Bonchev–Trinajstić information content (AvgIpc) is 3.05. The van der Waals surface area contributed by atoms with Crippen molar-refractivity contribution in [3.05, 3.63) is 83.0 Å². The lowest BCUT2D eigenvalue weighted by Gasteiger charge is -2.26. The van der Waals surface area contributed by atoms with Crippen LogP contribution in [0, 0.1) is 0 Å². The minimum atomic E-state index is -0.745. The first-order valence-electron chi connectivity index (χ1n) is 14.5. The quantitative estimate of drug-likeness (QED) is 0.157. The molecule has 2 amide bonds. The van der Waals surface area contributed by atoms with Gasteiger partial charge in [0.05, 0.1) is 36.9 Å². The van der Waals surface area contributed by atoms with Crippen LogP contribution in [0.5, 0.6) is 23.0 Å². The highest BCUT2D eigenvalue weighted by Crippen LogP contribution is 2.39. The summed E-state index contributed by atoms with van der Waals surface area (Å²) in [6, 6.07) is 20.3. The second-order valence-corrected chi connectivity index (χ2v) is 11.0. The molecule has 1 fully saturated rings. The summed E-state index contributed by atoms with van der Waals surface area (Å²) < 4.78 is 23.9. The maximum atomic E-state index is 12.4. The lowest BCUT2D eigenvalue weighted by molar-refractivity contribution is -0.136. The zero-order valence-corrected chi connectivity index (χ0v) is 26.1. The van der Waals surface area contributed by atoms with Gasteiger partial charge in [-0.2, -0.15) is 0 Å². The zero-order valence-electron chi connectivity index (χ0n) is 24.5. The monoisotopic (exact) mass is 662 g/mol. The second kappa shape index (κ2) is 15.5. The van der Waals surface area contributed by atoms with E-state index in [0.717, 1.165) is 50.2 Å². The third-order valence-electron chi connectivity index (χ3n) is 7.12. The fourth-order valence-corrected chi connectivity index (χ4v) is 5.26. The van der Waals surface area contributed by atoms with Crippen LogP contribution in [0.1, 0.15) is 12.0 Å². The number of benzene rings is 3. The minimum absolute atomic E-state index is 0.361. The summed E-state index contributed by atoms with van der Waals surface area (Å²) in [6.07, 6.45) is 3.20. The van der Waals surface area contributed by atoms with Crippen LogP contribution in [-0.4, -0.2) is 74.8 Å². The molecule has 10 nitrogen and oxygen atoms in total. The van der Waals surface area contributed by atoms with Gasteiger partial charge in [-0.1, -0.05) is 30.3 Å². The fourth-order valence-electron chi connectivity index (χ4n) is 4.80. The number of halogens is 1. The number of methoxy groups -OCH3 is 1.